The van der Waals surface area contributed by atoms with Crippen LogP contribution in [0, 0.1) is 5.92 Å². The highest BCUT2D eigenvalue weighted by molar-refractivity contribution is 6.35. The van der Waals surface area contributed by atoms with E-state index in [0.29, 0.717) is 22.6 Å². The Morgan fingerprint density at radius 2 is 2.18 bits per heavy atom. The zero-order valence-corrected chi connectivity index (χ0v) is 11.5. The smallest absolute Gasteiger partial charge is 0.202 e. The van der Waals surface area contributed by atoms with E-state index in [2.05, 4.69) is 13.8 Å². The van der Waals surface area contributed by atoms with Gasteiger partial charge in [-0.15, -0.1) is 0 Å². The largest absolute Gasteiger partial charge is 0.463 e. The molecule has 0 fully saturated rings. The van der Waals surface area contributed by atoms with Gasteiger partial charge >= 0.3 is 0 Å². The fourth-order valence-electron chi connectivity index (χ4n) is 2.05. The Morgan fingerprint density at radius 1 is 1.41 bits per heavy atom. The summed E-state index contributed by atoms with van der Waals surface area (Å²) in [5.74, 6) is 1.08. The van der Waals surface area contributed by atoms with Crippen molar-refractivity contribution in [2.24, 2.45) is 5.92 Å². The van der Waals surface area contributed by atoms with E-state index in [0.717, 1.165) is 24.2 Å². The van der Waals surface area contributed by atoms with E-state index in [4.69, 9.17) is 32.7 Å². The number of ether oxygens (including phenoxy) is 2. The minimum absolute atomic E-state index is 0.207. The number of benzene rings is 1. The van der Waals surface area contributed by atoms with Crippen LogP contribution in [0.2, 0.25) is 10.0 Å². The highest BCUT2D eigenvalue weighted by atomic mass is 35.5. The summed E-state index contributed by atoms with van der Waals surface area (Å²) in [7, 11) is 0. The molecule has 2 nitrogen and oxygen atoms in total. The van der Waals surface area contributed by atoms with E-state index in [-0.39, 0.29) is 6.29 Å². The summed E-state index contributed by atoms with van der Waals surface area (Å²) in [5.41, 5.74) is 0.919. The Hall–Kier alpha value is -0.440. The van der Waals surface area contributed by atoms with Crippen molar-refractivity contribution in [1.82, 2.24) is 0 Å². The highest BCUT2D eigenvalue weighted by Crippen LogP contribution is 2.37. The van der Waals surface area contributed by atoms with Crippen LogP contribution in [0.4, 0.5) is 0 Å². The van der Waals surface area contributed by atoms with E-state index < -0.39 is 0 Å². The number of rotatable bonds is 3. The number of hydrogen-bond donors (Lipinski definition) is 0. The zero-order chi connectivity index (χ0) is 12.4. The van der Waals surface area contributed by atoms with Gasteiger partial charge < -0.3 is 9.47 Å². The molecule has 0 amide bonds. The number of hydrogen-bond acceptors (Lipinski definition) is 2. The van der Waals surface area contributed by atoms with Gasteiger partial charge in [-0.3, -0.25) is 0 Å². The van der Waals surface area contributed by atoms with Crippen LogP contribution in [0.25, 0.3) is 0 Å². The van der Waals surface area contributed by atoms with Crippen LogP contribution in [0.1, 0.15) is 32.3 Å². The molecule has 2 rings (SSSR count). The molecule has 1 aliphatic heterocycles. The standard InChI is InChI=1S/C13H16Cl2O2/c1-3-4-8(2)13-16-7-9-5-10(14)6-11(15)12(9)17-13/h5-6,8,13H,3-4,7H2,1-2H3. The van der Waals surface area contributed by atoms with Crippen molar-refractivity contribution in [2.45, 2.75) is 39.6 Å². The minimum atomic E-state index is -0.207. The van der Waals surface area contributed by atoms with Crippen molar-refractivity contribution in [2.75, 3.05) is 0 Å². The van der Waals surface area contributed by atoms with Gasteiger partial charge in [0.2, 0.25) is 6.29 Å². The second kappa shape index (κ2) is 5.47. The molecule has 1 aromatic carbocycles. The molecule has 0 spiro atoms. The third-order valence-corrected chi connectivity index (χ3v) is 3.43. The molecule has 2 unspecified atom stereocenters. The predicted molar refractivity (Wildman–Crippen MR) is 69.7 cm³/mol. The molecule has 4 heteroatoms. The van der Waals surface area contributed by atoms with E-state index in [1.54, 1.807) is 6.07 Å². The SMILES string of the molecule is CCCC(C)C1OCc2cc(Cl)cc(Cl)c2O1. The van der Waals surface area contributed by atoms with Crippen molar-refractivity contribution < 1.29 is 9.47 Å². The van der Waals surface area contributed by atoms with Crippen LogP contribution >= 0.6 is 23.2 Å². The van der Waals surface area contributed by atoms with Gasteiger partial charge in [0.1, 0.15) is 5.75 Å². The van der Waals surface area contributed by atoms with Gasteiger partial charge in [0, 0.05) is 16.5 Å². The van der Waals surface area contributed by atoms with E-state index in [1.807, 2.05) is 6.07 Å². The molecule has 94 valence electrons. The van der Waals surface area contributed by atoms with Crippen molar-refractivity contribution in [1.29, 1.82) is 0 Å². The third kappa shape index (κ3) is 2.87. The van der Waals surface area contributed by atoms with Crippen LogP contribution < -0.4 is 4.74 Å². The maximum absolute atomic E-state index is 6.13. The first-order chi connectivity index (χ1) is 8.11. The summed E-state index contributed by atoms with van der Waals surface area (Å²) in [6, 6.07) is 3.54. The highest BCUT2D eigenvalue weighted by Gasteiger charge is 2.27. The molecule has 0 saturated carbocycles. The van der Waals surface area contributed by atoms with E-state index >= 15 is 0 Å². The third-order valence-electron chi connectivity index (χ3n) is 2.93. The van der Waals surface area contributed by atoms with E-state index in [9.17, 15) is 0 Å². The summed E-state index contributed by atoms with van der Waals surface area (Å²) in [5, 5.41) is 1.17. The van der Waals surface area contributed by atoms with Crippen LogP contribution in [0.3, 0.4) is 0 Å². The van der Waals surface area contributed by atoms with Crippen molar-refractivity contribution in [3.8, 4) is 5.75 Å². The normalized spacial score (nSPS) is 20.6. The van der Waals surface area contributed by atoms with Gasteiger partial charge in [-0.1, -0.05) is 43.5 Å². The first-order valence-corrected chi connectivity index (χ1v) is 6.63. The maximum Gasteiger partial charge on any atom is 0.202 e. The predicted octanol–water partition coefficient (Wildman–Crippen LogP) is 4.66. The molecule has 0 aromatic heterocycles. The quantitative estimate of drug-likeness (QED) is 0.798. The van der Waals surface area contributed by atoms with Crippen LogP contribution in [-0.2, 0) is 11.3 Å². The van der Waals surface area contributed by atoms with Crippen molar-refractivity contribution in [3.63, 3.8) is 0 Å². The summed E-state index contributed by atoms with van der Waals surface area (Å²) < 4.78 is 11.5. The van der Waals surface area contributed by atoms with E-state index in [1.165, 1.54) is 0 Å². The lowest BCUT2D eigenvalue weighted by atomic mass is 10.0. The molecule has 0 N–H and O–H groups in total. The lowest BCUT2D eigenvalue weighted by Gasteiger charge is -2.31. The second-order valence-corrected chi connectivity index (χ2v) is 5.28. The zero-order valence-electron chi connectivity index (χ0n) is 10.0. The van der Waals surface area contributed by atoms with Gasteiger partial charge in [0.05, 0.1) is 11.6 Å². The first-order valence-electron chi connectivity index (χ1n) is 5.88. The average Bonchev–Trinajstić information content (AvgIpc) is 2.28. The number of fused-ring (bicyclic) bond motifs is 1. The molecule has 2 atom stereocenters. The molecule has 0 radical (unpaired) electrons. The molecular formula is C13H16Cl2O2. The molecule has 1 aromatic rings. The first kappa shape index (κ1) is 13.0. The molecule has 17 heavy (non-hydrogen) atoms. The number of halogens is 2. The summed E-state index contributed by atoms with van der Waals surface area (Å²) in [6.45, 7) is 4.79. The Kier molecular flexibility index (Phi) is 4.18. The van der Waals surface area contributed by atoms with Gasteiger partial charge in [0.25, 0.3) is 0 Å². The monoisotopic (exact) mass is 274 g/mol. The van der Waals surface area contributed by atoms with Crippen LogP contribution in [-0.4, -0.2) is 6.29 Å². The van der Waals surface area contributed by atoms with Gasteiger partial charge in [0.15, 0.2) is 0 Å². The van der Waals surface area contributed by atoms with Gasteiger partial charge in [-0.25, -0.2) is 0 Å². The van der Waals surface area contributed by atoms with Gasteiger partial charge in [-0.2, -0.15) is 0 Å². The molecular weight excluding hydrogens is 259 g/mol. The Morgan fingerprint density at radius 3 is 2.88 bits per heavy atom. The van der Waals surface area contributed by atoms with Gasteiger partial charge in [-0.05, 0) is 18.6 Å². The molecule has 0 aliphatic carbocycles. The summed E-state index contributed by atoms with van der Waals surface area (Å²) >= 11 is 12.1. The minimum Gasteiger partial charge on any atom is -0.463 e. The van der Waals surface area contributed by atoms with Crippen LogP contribution in [0.5, 0.6) is 5.75 Å². The van der Waals surface area contributed by atoms with Crippen molar-refractivity contribution in [3.05, 3.63) is 27.7 Å². The van der Waals surface area contributed by atoms with Crippen molar-refractivity contribution >= 4 is 23.2 Å². The molecule has 1 aliphatic rings. The fourth-order valence-corrected chi connectivity index (χ4v) is 2.63. The summed E-state index contributed by atoms with van der Waals surface area (Å²) in [4.78, 5) is 0. The topological polar surface area (TPSA) is 18.5 Å². The fraction of sp³-hybridized carbons (Fsp3) is 0.538. The Bertz CT molecular complexity index is 407. The Labute approximate surface area is 112 Å². The Balaban J connectivity index is 2.18. The summed E-state index contributed by atoms with van der Waals surface area (Å²) in [6.07, 6.45) is 1.98. The lowest BCUT2D eigenvalue weighted by Crippen LogP contribution is -2.31. The molecule has 0 bridgehead atoms. The maximum atomic E-state index is 6.13. The molecule has 1 heterocycles. The second-order valence-electron chi connectivity index (χ2n) is 4.44. The molecule has 0 saturated heterocycles. The van der Waals surface area contributed by atoms with Crippen LogP contribution in [0.15, 0.2) is 12.1 Å². The average molecular weight is 275 g/mol. The lowest BCUT2D eigenvalue weighted by molar-refractivity contribution is -0.137.